The van der Waals surface area contributed by atoms with Crippen molar-refractivity contribution in [3.8, 4) is 11.5 Å². The molecule has 0 aliphatic carbocycles. The molecule has 1 saturated heterocycles. The molecule has 1 N–H and O–H groups in total. The van der Waals surface area contributed by atoms with Gasteiger partial charge in [0.1, 0.15) is 17.5 Å². The Morgan fingerprint density at radius 1 is 1.23 bits per heavy atom. The molecule has 162 valence electrons. The number of carboxylic acids is 1. The van der Waals surface area contributed by atoms with Gasteiger partial charge in [0.25, 0.3) is 5.91 Å². The Balaban J connectivity index is 1.84. The van der Waals surface area contributed by atoms with Gasteiger partial charge in [0.05, 0.1) is 17.0 Å². The number of carboxylic acid groups (broad SMARTS) is 1. The third kappa shape index (κ3) is 5.64. The van der Waals surface area contributed by atoms with E-state index in [1.807, 2.05) is 0 Å². The summed E-state index contributed by atoms with van der Waals surface area (Å²) in [6.07, 6.45) is 1.56. The predicted octanol–water partition coefficient (Wildman–Crippen LogP) is 5.52. The Morgan fingerprint density at radius 2 is 1.97 bits per heavy atom. The van der Waals surface area contributed by atoms with Gasteiger partial charge in [-0.25, -0.2) is 0 Å². The van der Waals surface area contributed by atoms with Crippen molar-refractivity contribution in [2.24, 2.45) is 0 Å². The van der Waals surface area contributed by atoms with Gasteiger partial charge in [-0.1, -0.05) is 64.8 Å². The number of methoxy groups -OCH3 is 1. The Labute approximate surface area is 202 Å². The molecule has 1 aliphatic heterocycles. The molecule has 2 aromatic rings. The molecule has 1 amide bonds. The normalized spacial score (nSPS) is 15.0. The second-order valence-corrected chi connectivity index (χ2v) is 9.15. The van der Waals surface area contributed by atoms with Gasteiger partial charge in [-0.05, 0) is 35.9 Å². The number of halogens is 3. The first-order chi connectivity index (χ1) is 14.7. The molecule has 0 saturated carbocycles. The Bertz CT molecular complexity index is 1110. The van der Waals surface area contributed by atoms with E-state index >= 15 is 0 Å². The maximum atomic E-state index is 12.5. The number of amides is 1. The van der Waals surface area contributed by atoms with Gasteiger partial charge in [-0.2, -0.15) is 0 Å². The third-order valence-corrected chi connectivity index (χ3v) is 6.35. The van der Waals surface area contributed by atoms with E-state index in [2.05, 4.69) is 0 Å². The zero-order valence-electron chi connectivity index (χ0n) is 15.9. The van der Waals surface area contributed by atoms with Crippen LogP contribution < -0.4 is 9.47 Å². The highest BCUT2D eigenvalue weighted by atomic mass is 35.5. The molecule has 0 atom stereocenters. The topological polar surface area (TPSA) is 76.1 Å². The fraction of sp³-hybridized carbons (Fsp3) is 0.150. The first-order valence-corrected chi connectivity index (χ1v) is 11.0. The van der Waals surface area contributed by atoms with Crippen LogP contribution in [0.2, 0.25) is 15.1 Å². The Kier molecular flexibility index (Phi) is 7.72. The maximum Gasteiger partial charge on any atom is 0.323 e. The van der Waals surface area contributed by atoms with E-state index in [9.17, 15) is 9.59 Å². The van der Waals surface area contributed by atoms with Crippen LogP contribution in [0.5, 0.6) is 11.5 Å². The standard InChI is InChI=1S/C20H14Cl3NO5S2/c1-28-15-5-10(6-16-19(27)24(8-17(25)26)20(30)31-16)4-14(23)18(15)29-9-11-2-3-12(21)7-13(11)22/h2-7H,8-9H2,1H3,(H,25,26). The number of nitrogens with zero attached hydrogens (tertiary/aromatic N) is 1. The largest absolute Gasteiger partial charge is 0.493 e. The molecule has 0 bridgehead atoms. The van der Waals surface area contributed by atoms with E-state index in [-0.39, 0.29) is 20.9 Å². The molecule has 2 aromatic carbocycles. The highest BCUT2D eigenvalue weighted by molar-refractivity contribution is 8.26. The molecule has 0 aromatic heterocycles. The summed E-state index contributed by atoms with van der Waals surface area (Å²) in [6.45, 7) is -0.356. The first-order valence-electron chi connectivity index (χ1n) is 8.61. The molecule has 1 heterocycles. The summed E-state index contributed by atoms with van der Waals surface area (Å²) < 4.78 is 11.4. The van der Waals surface area contributed by atoms with Gasteiger partial charge in [0.2, 0.25) is 0 Å². The molecule has 0 spiro atoms. The molecule has 11 heteroatoms. The Hall–Kier alpha value is -1.97. The number of hydrogen-bond donors (Lipinski definition) is 1. The fourth-order valence-corrected chi connectivity index (χ4v) is 4.67. The molecule has 3 rings (SSSR count). The van der Waals surface area contributed by atoms with Crippen LogP contribution in [-0.4, -0.2) is 39.9 Å². The number of aliphatic carboxylic acids is 1. The van der Waals surface area contributed by atoms with Crippen molar-refractivity contribution in [1.29, 1.82) is 0 Å². The van der Waals surface area contributed by atoms with Gasteiger partial charge >= 0.3 is 5.97 Å². The van der Waals surface area contributed by atoms with Crippen LogP contribution in [0.15, 0.2) is 35.2 Å². The zero-order valence-corrected chi connectivity index (χ0v) is 19.8. The fourth-order valence-electron chi connectivity index (χ4n) is 2.67. The summed E-state index contributed by atoms with van der Waals surface area (Å²) in [5.74, 6) is -0.967. The van der Waals surface area contributed by atoms with Crippen LogP contribution in [0.1, 0.15) is 11.1 Å². The Morgan fingerprint density at radius 3 is 2.61 bits per heavy atom. The summed E-state index contributed by atoms with van der Waals surface area (Å²) in [4.78, 5) is 24.7. The van der Waals surface area contributed by atoms with Gasteiger partial charge in [0.15, 0.2) is 11.5 Å². The smallest absolute Gasteiger partial charge is 0.323 e. The molecule has 1 fully saturated rings. The van der Waals surface area contributed by atoms with E-state index in [1.54, 1.807) is 36.4 Å². The van der Waals surface area contributed by atoms with Crippen LogP contribution in [-0.2, 0) is 16.2 Å². The van der Waals surface area contributed by atoms with Crippen molar-refractivity contribution in [3.05, 3.63) is 61.4 Å². The minimum absolute atomic E-state index is 0.138. The van der Waals surface area contributed by atoms with Crippen LogP contribution >= 0.6 is 58.8 Å². The molecular formula is C20H14Cl3NO5S2. The number of carbonyl (C=O) groups excluding carboxylic acids is 1. The van der Waals surface area contributed by atoms with E-state index in [0.717, 1.165) is 22.2 Å². The lowest BCUT2D eigenvalue weighted by molar-refractivity contribution is -0.140. The monoisotopic (exact) mass is 517 g/mol. The highest BCUT2D eigenvalue weighted by Crippen LogP contribution is 2.39. The van der Waals surface area contributed by atoms with Crippen LogP contribution in [0.3, 0.4) is 0 Å². The quantitative estimate of drug-likeness (QED) is 0.382. The molecule has 0 unspecified atom stereocenters. The number of ether oxygens (including phenoxy) is 2. The van der Waals surface area contributed by atoms with Gasteiger partial charge in [0, 0.05) is 15.6 Å². The molecular weight excluding hydrogens is 505 g/mol. The minimum atomic E-state index is -1.15. The molecule has 0 radical (unpaired) electrons. The van der Waals surface area contributed by atoms with E-state index in [0.29, 0.717) is 27.1 Å². The molecule has 6 nitrogen and oxygen atoms in total. The van der Waals surface area contributed by atoms with Crippen LogP contribution in [0.4, 0.5) is 0 Å². The third-order valence-electron chi connectivity index (χ3n) is 4.10. The summed E-state index contributed by atoms with van der Waals surface area (Å²) in [5, 5.41) is 10.2. The number of hydrogen-bond acceptors (Lipinski definition) is 6. The lowest BCUT2D eigenvalue weighted by Gasteiger charge is -2.14. The van der Waals surface area contributed by atoms with Crippen molar-refractivity contribution in [1.82, 2.24) is 4.90 Å². The average molecular weight is 519 g/mol. The molecule has 31 heavy (non-hydrogen) atoms. The molecule has 1 aliphatic rings. The predicted molar refractivity (Wildman–Crippen MR) is 126 cm³/mol. The summed E-state index contributed by atoms with van der Waals surface area (Å²) in [5.41, 5.74) is 1.28. The SMILES string of the molecule is COc1cc(C=C2SC(=S)N(CC(=O)O)C2=O)cc(Cl)c1OCc1ccc(Cl)cc1Cl. The van der Waals surface area contributed by atoms with E-state index < -0.39 is 18.4 Å². The number of thioether (sulfide) groups is 1. The van der Waals surface area contributed by atoms with E-state index in [1.165, 1.54) is 7.11 Å². The van der Waals surface area contributed by atoms with Crippen molar-refractivity contribution < 1.29 is 24.2 Å². The minimum Gasteiger partial charge on any atom is -0.493 e. The summed E-state index contributed by atoms with van der Waals surface area (Å²) >= 11 is 24.6. The summed E-state index contributed by atoms with van der Waals surface area (Å²) in [7, 11) is 1.46. The van der Waals surface area contributed by atoms with E-state index in [4.69, 9.17) is 61.6 Å². The number of carbonyl (C=O) groups is 2. The maximum absolute atomic E-state index is 12.5. The van der Waals surface area contributed by atoms with Crippen LogP contribution in [0, 0.1) is 0 Å². The number of thiocarbonyl (C=S) groups is 1. The lowest BCUT2D eigenvalue weighted by atomic mass is 10.1. The number of benzene rings is 2. The zero-order chi connectivity index (χ0) is 22.7. The van der Waals surface area contributed by atoms with Crippen LogP contribution in [0.25, 0.3) is 6.08 Å². The van der Waals surface area contributed by atoms with Gasteiger partial charge in [-0.3, -0.25) is 14.5 Å². The van der Waals surface area contributed by atoms with Gasteiger partial charge in [-0.15, -0.1) is 0 Å². The second kappa shape index (κ2) is 10.1. The van der Waals surface area contributed by atoms with Crippen molar-refractivity contribution in [3.63, 3.8) is 0 Å². The average Bonchev–Trinajstić information content (AvgIpc) is 2.95. The second-order valence-electron chi connectivity index (χ2n) is 6.22. The highest BCUT2D eigenvalue weighted by Gasteiger charge is 2.33. The first kappa shape index (κ1) is 23.7. The van der Waals surface area contributed by atoms with Crippen molar-refractivity contribution >= 4 is 81.1 Å². The van der Waals surface area contributed by atoms with Crippen molar-refractivity contribution in [2.75, 3.05) is 13.7 Å². The summed E-state index contributed by atoms with van der Waals surface area (Å²) in [6, 6.07) is 8.32. The van der Waals surface area contributed by atoms with Crippen molar-refractivity contribution in [2.45, 2.75) is 6.61 Å². The van der Waals surface area contributed by atoms with Gasteiger partial charge < -0.3 is 14.6 Å². The lowest BCUT2D eigenvalue weighted by Crippen LogP contribution is -2.33. The number of rotatable bonds is 7.